The number of nitrogens with two attached hydrogens (primary N) is 1. The van der Waals surface area contributed by atoms with Crippen LogP contribution in [0.15, 0.2) is 0 Å². The summed E-state index contributed by atoms with van der Waals surface area (Å²) < 4.78 is 0. The number of hydrogen-bond donors (Lipinski definition) is 2. The molecule has 14 heavy (non-hydrogen) atoms. The number of H-pyrrole nitrogens is 1. The second kappa shape index (κ2) is 2.76. The minimum absolute atomic E-state index is 0.273. The summed E-state index contributed by atoms with van der Waals surface area (Å²) in [7, 11) is 0. The summed E-state index contributed by atoms with van der Waals surface area (Å²) in [6.07, 6.45) is 2.03. The molecular formula is C9H17N5. The number of aromatic nitrogens is 4. The average Bonchev–Trinajstić information content (AvgIpc) is 2.58. The molecular weight excluding hydrogens is 178 g/mol. The van der Waals surface area contributed by atoms with Crippen molar-refractivity contribution in [3.8, 4) is 0 Å². The predicted octanol–water partition coefficient (Wildman–Crippen LogP) is 0.810. The molecule has 5 heteroatoms. The van der Waals surface area contributed by atoms with Crippen molar-refractivity contribution in [3.05, 3.63) is 5.82 Å². The molecule has 2 atom stereocenters. The van der Waals surface area contributed by atoms with Gasteiger partial charge in [0, 0.05) is 0 Å². The lowest BCUT2D eigenvalue weighted by Crippen LogP contribution is -2.40. The van der Waals surface area contributed by atoms with Crippen molar-refractivity contribution < 1.29 is 0 Å². The molecule has 5 nitrogen and oxygen atoms in total. The Kier molecular flexibility index (Phi) is 1.89. The van der Waals surface area contributed by atoms with Gasteiger partial charge in [0.05, 0.1) is 5.54 Å². The van der Waals surface area contributed by atoms with Crippen LogP contribution in [0.5, 0.6) is 0 Å². The Morgan fingerprint density at radius 2 is 2.21 bits per heavy atom. The summed E-state index contributed by atoms with van der Waals surface area (Å²) in [4.78, 5) is 0. The largest absolute Gasteiger partial charge is 0.318 e. The fourth-order valence-electron chi connectivity index (χ4n) is 2.71. The molecule has 1 aromatic heterocycles. The molecule has 0 spiro atoms. The van der Waals surface area contributed by atoms with E-state index in [-0.39, 0.29) is 5.41 Å². The Hall–Kier alpha value is -0.970. The highest BCUT2D eigenvalue weighted by Gasteiger charge is 2.49. The van der Waals surface area contributed by atoms with Gasteiger partial charge in [-0.15, -0.1) is 10.2 Å². The smallest absolute Gasteiger partial charge is 0.194 e. The van der Waals surface area contributed by atoms with Crippen LogP contribution in [0.4, 0.5) is 0 Å². The van der Waals surface area contributed by atoms with Crippen LogP contribution in [0, 0.1) is 11.3 Å². The van der Waals surface area contributed by atoms with E-state index in [2.05, 4.69) is 41.4 Å². The van der Waals surface area contributed by atoms with E-state index in [1.807, 2.05) is 0 Å². The second-order valence-corrected chi connectivity index (χ2v) is 5.22. The standard InChI is InChI=1S/C9H17N5/c1-6-4-8(2,3)5-9(6,10)7-11-13-14-12-7/h6H,4-5,10H2,1-3H3,(H,11,12,13,14). The first-order valence-corrected chi connectivity index (χ1v) is 4.97. The molecule has 0 bridgehead atoms. The maximum absolute atomic E-state index is 6.36. The SMILES string of the molecule is CC1CC(C)(C)CC1(N)c1nn[nH]n1. The molecule has 3 N–H and O–H groups in total. The zero-order valence-corrected chi connectivity index (χ0v) is 8.91. The molecule has 1 aliphatic rings. The minimum Gasteiger partial charge on any atom is -0.318 e. The van der Waals surface area contributed by atoms with Gasteiger partial charge in [-0.2, -0.15) is 5.21 Å². The zero-order valence-electron chi connectivity index (χ0n) is 8.91. The van der Waals surface area contributed by atoms with Gasteiger partial charge in [0.25, 0.3) is 0 Å². The molecule has 78 valence electrons. The molecule has 2 rings (SSSR count). The maximum Gasteiger partial charge on any atom is 0.194 e. The molecule has 1 fully saturated rings. The monoisotopic (exact) mass is 195 g/mol. The second-order valence-electron chi connectivity index (χ2n) is 5.22. The van der Waals surface area contributed by atoms with E-state index in [1.54, 1.807) is 0 Å². The van der Waals surface area contributed by atoms with Crippen molar-refractivity contribution in [1.82, 2.24) is 20.6 Å². The molecule has 0 radical (unpaired) electrons. The Morgan fingerprint density at radius 1 is 1.50 bits per heavy atom. The molecule has 0 saturated heterocycles. The van der Waals surface area contributed by atoms with Gasteiger partial charge in [0.2, 0.25) is 0 Å². The number of hydrogen-bond acceptors (Lipinski definition) is 4. The van der Waals surface area contributed by atoms with Crippen LogP contribution < -0.4 is 5.73 Å². The molecule has 1 aliphatic carbocycles. The van der Waals surface area contributed by atoms with Crippen LogP contribution in [0.3, 0.4) is 0 Å². The first kappa shape index (κ1) is 9.58. The van der Waals surface area contributed by atoms with E-state index < -0.39 is 5.54 Å². The Balaban J connectivity index is 2.34. The molecule has 1 heterocycles. The normalized spacial score (nSPS) is 36.1. The number of tetrazole rings is 1. The van der Waals surface area contributed by atoms with Crippen molar-refractivity contribution >= 4 is 0 Å². The Labute approximate surface area is 83.5 Å². The van der Waals surface area contributed by atoms with E-state index in [0.29, 0.717) is 11.7 Å². The number of rotatable bonds is 1. The fraction of sp³-hybridized carbons (Fsp3) is 0.889. The molecule has 2 unspecified atom stereocenters. The number of aromatic amines is 1. The van der Waals surface area contributed by atoms with Gasteiger partial charge in [-0.25, -0.2) is 0 Å². The van der Waals surface area contributed by atoms with Crippen LogP contribution in [0.25, 0.3) is 0 Å². The fourth-order valence-corrected chi connectivity index (χ4v) is 2.71. The summed E-state index contributed by atoms with van der Waals surface area (Å²) >= 11 is 0. The third kappa shape index (κ3) is 1.32. The van der Waals surface area contributed by atoms with E-state index >= 15 is 0 Å². The van der Waals surface area contributed by atoms with Crippen molar-refractivity contribution in [2.45, 2.75) is 39.2 Å². The van der Waals surface area contributed by atoms with Crippen LogP contribution >= 0.6 is 0 Å². The Bertz CT molecular complexity index is 318. The van der Waals surface area contributed by atoms with Crippen LogP contribution in [0.2, 0.25) is 0 Å². The summed E-state index contributed by atoms with van der Waals surface area (Å²) in [6.45, 7) is 6.63. The van der Waals surface area contributed by atoms with Crippen molar-refractivity contribution in [2.75, 3.05) is 0 Å². The zero-order chi connectivity index (χ0) is 10.4. The maximum atomic E-state index is 6.36. The summed E-state index contributed by atoms with van der Waals surface area (Å²) in [6, 6.07) is 0. The predicted molar refractivity (Wildman–Crippen MR) is 52.2 cm³/mol. The highest BCUT2D eigenvalue weighted by Crippen LogP contribution is 2.49. The van der Waals surface area contributed by atoms with E-state index in [9.17, 15) is 0 Å². The molecule has 1 saturated carbocycles. The molecule has 0 amide bonds. The number of nitrogens with zero attached hydrogens (tertiary/aromatic N) is 3. The lowest BCUT2D eigenvalue weighted by atomic mass is 9.87. The van der Waals surface area contributed by atoms with Gasteiger partial charge in [-0.1, -0.05) is 26.0 Å². The van der Waals surface area contributed by atoms with Crippen LogP contribution in [0.1, 0.15) is 39.4 Å². The minimum atomic E-state index is -0.406. The van der Waals surface area contributed by atoms with Crippen molar-refractivity contribution in [1.29, 1.82) is 0 Å². The lowest BCUT2D eigenvalue weighted by molar-refractivity contribution is 0.313. The quantitative estimate of drug-likeness (QED) is 0.695. The summed E-state index contributed by atoms with van der Waals surface area (Å²) in [5.41, 5.74) is 6.23. The highest BCUT2D eigenvalue weighted by molar-refractivity contribution is 5.11. The topological polar surface area (TPSA) is 80.5 Å². The van der Waals surface area contributed by atoms with Crippen molar-refractivity contribution in [3.63, 3.8) is 0 Å². The summed E-state index contributed by atoms with van der Waals surface area (Å²) in [5, 5.41) is 14.1. The van der Waals surface area contributed by atoms with Crippen molar-refractivity contribution in [2.24, 2.45) is 17.1 Å². The van der Waals surface area contributed by atoms with Gasteiger partial charge in [-0.05, 0) is 24.2 Å². The highest BCUT2D eigenvalue weighted by atomic mass is 15.5. The third-order valence-electron chi connectivity index (χ3n) is 3.27. The third-order valence-corrected chi connectivity index (χ3v) is 3.27. The summed E-state index contributed by atoms with van der Waals surface area (Å²) in [5.74, 6) is 1.05. The first-order chi connectivity index (χ1) is 6.44. The lowest BCUT2D eigenvalue weighted by Gasteiger charge is -2.25. The number of nitrogens with one attached hydrogen (secondary N) is 1. The van der Waals surface area contributed by atoms with E-state index in [0.717, 1.165) is 12.8 Å². The molecule has 1 aromatic rings. The molecule has 0 aromatic carbocycles. The van der Waals surface area contributed by atoms with Crippen LogP contribution in [-0.4, -0.2) is 20.6 Å². The Morgan fingerprint density at radius 3 is 2.64 bits per heavy atom. The van der Waals surface area contributed by atoms with Gasteiger partial charge < -0.3 is 5.73 Å². The average molecular weight is 195 g/mol. The van der Waals surface area contributed by atoms with Gasteiger partial charge in [-0.3, -0.25) is 0 Å². The van der Waals surface area contributed by atoms with Crippen LogP contribution in [-0.2, 0) is 5.54 Å². The van der Waals surface area contributed by atoms with E-state index in [4.69, 9.17) is 5.73 Å². The first-order valence-electron chi connectivity index (χ1n) is 4.97. The van der Waals surface area contributed by atoms with Gasteiger partial charge in [0.1, 0.15) is 0 Å². The van der Waals surface area contributed by atoms with Gasteiger partial charge in [0.15, 0.2) is 5.82 Å². The van der Waals surface area contributed by atoms with Gasteiger partial charge >= 0.3 is 0 Å². The van der Waals surface area contributed by atoms with E-state index in [1.165, 1.54) is 0 Å². The molecule has 0 aliphatic heterocycles.